The molecule has 0 spiro atoms. The SMILES string of the molecule is CSS(C)(=O)=S. The summed E-state index contributed by atoms with van der Waals surface area (Å²) in [5.41, 5.74) is 0. The van der Waals surface area contributed by atoms with Gasteiger partial charge in [0.05, 0.1) is 7.52 Å². The predicted octanol–water partition coefficient (Wildman–Crippen LogP) is 0.641. The third-order valence-electron chi connectivity index (χ3n) is 0.303. The Hall–Kier alpha value is 0.720. The van der Waals surface area contributed by atoms with Crippen LogP contribution in [0.3, 0.4) is 0 Å². The van der Waals surface area contributed by atoms with E-state index >= 15 is 0 Å². The normalized spacial score (nSPS) is 19.7. The van der Waals surface area contributed by atoms with Crippen LogP contribution in [0.25, 0.3) is 0 Å². The Morgan fingerprint density at radius 3 is 2.00 bits per heavy atom. The molecule has 0 N–H and O–H groups in total. The lowest BCUT2D eigenvalue weighted by Gasteiger charge is -1.85. The van der Waals surface area contributed by atoms with Gasteiger partial charge in [-0.15, -0.1) is 0 Å². The van der Waals surface area contributed by atoms with Gasteiger partial charge in [-0.1, -0.05) is 10.8 Å². The molecule has 0 fully saturated rings. The molecule has 38 valence electrons. The summed E-state index contributed by atoms with van der Waals surface area (Å²) in [6.07, 6.45) is 3.29. The van der Waals surface area contributed by atoms with Crippen LogP contribution in [0.5, 0.6) is 0 Å². The summed E-state index contributed by atoms with van der Waals surface area (Å²) in [4.78, 5) is 0. The van der Waals surface area contributed by atoms with Gasteiger partial charge in [0, 0.05) is 6.26 Å². The average Bonchev–Trinajstić information content (AvgIpc) is 1.35. The number of rotatable bonds is 1. The zero-order valence-corrected chi connectivity index (χ0v) is 6.08. The number of hydrogen-bond acceptors (Lipinski definition) is 3. The molecule has 1 atom stereocenters. The fraction of sp³-hybridized carbons (Fsp3) is 1.00. The van der Waals surface area contributed by atoms with E-state index in [4.69, 9.17) is 0 Å². The molecule has 1 unspecified atom stereocenters. The molecule has 0 aliphatic carbocycles. The lowest BCUT2D eigenvalue weighted by Crippen LogP contribution is -1.80. The Balaban J connectivity index is 3.85. The van der Waals surface area contributed by atoms with Crippen LogP contribution in [0.15, 0.2) is 0 Å². The summed E-state index contributed by atoms with van der Waals surface area (Å²) < 4.78 is 10.3. The van der Waals surface area contributed by atoms with E-state index in [-0.39, 0.29) is 0 Å². The Labute approximate surface area is 46.6 Å². The highest BCUT2D eigenvalue weighted by atomic mass is 33.3. The van der Waals surface area contributed by atoms with Crippen molar-refractivity contribution in [1.82, 2.24) is 0 Å². The fourth-order valence-electron chi connectivity index (χ4n) is 0. The molecule has 0 saturated heterocycles. The summed E-state index contributed by atoms with van der Waals surface area (Å²) in [7, 11) is -0.688. The van der Waals surface area contributed by atoms with Crippen LogP contribution < -0.4 is 0 Å². The minimum atomic E-state index is -1.91. The van der Waals surface area contributed by atoms with Gasteiger partial charge in [0.15, 0.2) is 0 Å². The van der Waals surface area contributed by atoms with E-state index in [1.165, 1.54) is 10.8 Å². The Morgan fingerprint density at radius 1 is 1.83 bits per heavy atom. The van der Waals surface area contributed by atoms with Crippen LogP contribution in [0.4, 0.5) is 0 Å². The quantitative estimate of drug-likeness (QED) is 0.500. The summed E-state index contributed by atoms with van der Waals surface area (Å²) in [5, 5.41) is 0. The minimum absolute atomic E-state index is 1.22. The van der Waals surface area contributed by atoms with Crippen LogP contribution >= 0.6 is 10.8 Å². The molecular weight excluding hydrogens is 136 g/mol. The van der Waals surface area contributed by atoms with Crippen molar-refractivity contribution in [2.75, 3.05) is 12.5 Å². The second-order valence-corrected chi connectivity index (χ2v) is 8.06. The summed E-state index contributed by atoms with van der Waals surface area (Å²) >= 11 is 4.48. The summed E-state index contributed by atoms with van der Waals surface area (Å²) in [6, 6.07) is 0. The van der Waals surface area contributed by atoms with E-state index in [1.807, 2.05) is 0 Å². The van der Waals surface area contributed by atoms with Gasteiger partial charge >= 0.3 is 0 Å². The summed E-state index contributed by atoms with van der Waals surface area (Å²) in [6.45, 7) is 0. The molecule has 1 nitrogen and oxygen atoms in total. The van der Waals surface area contributed by atoms with Gasteiger partial charge < -0.3 is 0 Å². The van der Waals surface area contributed by atoms with E-state index in [2.05, 4.69) is 11.2 Å². The first kappa shape index (κ1) is 6.72. The Morgan fingerprint density at radius 2 is 2.00 bits per heavy atom. The highest BCUT2D eigenvalue weighted by molar-refractivity contribution is 8.85. The maximum Gasteiger partial charge on any atom is 0.0786 e. The first-order chi connectivity index (χ1) is 2.56. The molecular formula is C2H6OS3. The first-order valence-corrected chi connectivity index (χ1v) is 5.95. The lowest BCUT2D eigenvalue weighted by atomic mass is 12.0. The van der Waals surface area contributed by atoms with Gasteiger partial charge in [-0.05, 0) is 17.4 Å². The maximum atomic E-state index is 10.3. The van der Waals surface area contributed by atoms with Crippen LogP contribution in [0.2, 0.25) is 0 Å². The van der Waals surface area contributed by atoms with Crippen molar-refractivity contribution >= 4 is 29.5 Å². The van der Waals surface area contributed by atoms with Crippen LogP contribution in [-0.2, 0) is 18.7 Å². The number of hydrogen-bond donors (Lipinski definition) is 0. The molecule has 0 aromatic rings. The fourth-order valence-corrected chi connectivity index (χ4v) is 0. The standard InChI is InChI=1S/C2H6OS3/c1-5-6(2,3)4/h1-2H3. The predicted molar refractivity (Wildman–Crippen MR) is 34.9 cm³/mol. The molecule has 0 aromatic carbocycles. The van der Waals surface area contributed by atoms with Crippen LogP contribution in [0, 0.1) is 0 Å². The van der Waals surface area contributed by atoms with Crippen molar-refractivity contribution in [2.24, 2.45) is 0 Å². The van der Waals surface area contributed by atoms with Crippen molar-refractivity contribution in [3.05, 3.63) is 0 Å². The van der Waals surface area contributed by atoms with E-state index in [1.54, 1.807) is 12.5 Å². The van der Waals surface area contributed by atoms with Crippen LogP contribution in [0.1, 0.15) is 0 Å². The Bertz CT molecular complexity index is 111. The maximum absolute atomic E-state index is 10.3. The molecule has 0 heterocycles. The second-order valence-electron chi connectivity index (χ2n) is 0.871. The van der Waals surface area contributed by atoms with E-state index in [0.29, 0.717) is 0 Å². The zero-order valence-electron chi connectivity index (χ0n) is 3.63. The molecule has 0 rings (SSSR count). The zero-order chi connectivity index (χ0) is 5.21. The van der Waals surface area contributed by atoms with E-state index < -0.39 is 7.52 Å². The third kappa shape index (κ3) is 4.72. The highest BCUT2D eigenvalue weighted by Crippen LogP contribution is 2.01. The topological polar surface area (TPSA) is 17.1 Å². The van der Waals surface area contributed by atoms with Crippen molar-refractivity contribution < 1.29 is 4.21 Å². The third-order valence-corrected chi connectivity index (χ3v) is 3.95. The van der Waals surface area contributed by atoms with Gasteiger partial charge in [0.1, 0.15) is 0 Å². The molecule has 0 aliphatic heterocycles. The largest absolute Gasteiger partial charge is 0.246 e. The van der Waals surface area contributed by atoms with Gasteiger partial charge in [-0.2, -0.15) is 0 Å². The second kappa shape index (κ2) is 2.14. The Kier molecular flexibility index (Phi) is 2.39. The van der Waals surface area contributed by atoms with E-state index in [0.717, 1.165) is 0 Å². The lowest BCUT2D eigenvalue weighted by molar-refractivity contribution is 0.694. The average molecular weight is 142 g/mol. The molecule has 0 amide bonds. The smallest absolute Gasteiger partial charge is 0.0786 e. The van der Waals surface area contributed by atoms with Gasteiger partial charge in [-0.25, -0.2) is 4.21 Å². The van der Waals surface area contributed by atoms with Crippen molar-refractivity contribution in [1.29, 1.82) is 0 Å². The van der Waals surface area contributed by atoms with Gasteiger partial charge in [-0.3, -0.25) is 0 Å². The molecule has 0 radical (unpaired) electrons. The molecule has 0 saturated carbocycles. The first-order valence-electron chi connectivity index (χ1n) is 1.32. The molecule has 0 aliphatic rings. The molecule has 4 heteroatoms. The summed E-state index contributed by atoms with van der Waals surface area (Å²) in [5.74, 6) is 0. The highest BCUT2D eigenvalue weighted by Gasteiger charge is 1.86. The van der Waals surface area contributed by atoms with Crippen molar-refractivity contribution in [3.8, 4) is 0 Å². The molecule has 0 aromatic heterocycles. The van der Waals surface area contributed by atoms with Gasteiger partial charge in [0.2, 0.25) is 0 Å². The monoisotopic (exact) mass is 142 g/mol. The van der Waals surface area contributed by atoms with Gasteiger partial charge in [0.25, 0.3) is 0 Å². The minimum Gasteiger partial charge on any atom is -0.246 e. The molecule has 0 bridgehead atoms. The van der Waals surface area contributed by atoms with E-state index in [9.17, 15) is 4.21 Å². The van der Waals surface area contributed by atoms with Crippen molar-refractivity contribution in [2.45, 2.75) is 0 Å². The molecule has 6 heavy (non-hydrogen) atoms. The van der Waals surface area contributed by atoms with Crippen LogP contribution in [-0.4, -0.2) is 16.7 Å². The van der Waals surface area contributed by atoms with Crippen molar-refractivity contribution in [3.63, 3.8) is 0 Å².